The lowest BCUT2D eigenvalue weighted by molar-refractivity contribution is 0.0935. The fourth-order valence-corrected chi connectivity index (χ4v) is 2.82. The van der Waals surface area contributed by atoms with Crippen molar-refractivity contribution in [1.29, 1.82) is 0 Å². The molecule has 0 bridgehead atoms. The van der Waals surface area contributed by atoms with Gasteiger partial charge in [0.25, 0.3) is 5.91 Å². The second-order valence-electron chi connectivity index (χ2n) is 5.30. The molecule has 0 spiro atoms. The van der Waals surface area contributed by atoms with E-state index >= 15 is 0 Å². The molecule has 0 unspecified atom stereocenters. The number of carbonyl (C=O) groups excluding carboxylic acids is 1. The Hall–Kier alpha value is -2.34. The van der Waals surface area contributed by atoms with Crippen molar-refractivity contribution in [2.75, 3.05) is 11.0 Å². The summed E-state index contributed by atoms with van der Waals surface area (Å²) >= 11 is 0. The Morgan fingerprint density at radius 3 is 2.17 bits per heavy atom. The predicted octanol–water partition coefficient (Wildman–Crippen LogP) is 2.94. The molecule has 1 atom stereocenters. The molecule has 23 heavy (non-hydrogen) atoms. The van der Waals surface area contributed by atoms with Gasteiger partial charge in [-0.1, -0.05) is 37.3 Å². The fraction of sp³-hybridized carbons (Fsp3) is 0.235. The van der Waals surface area contributed by atoms with Crippen LogP contribution in [0, 0.1) is 0 Å². The first kappa shape index (κ1) is 17.0. The van der Waals surface area contributed by atoms with Crippen LogP contribution in [-0.2, 0) is 10.0 Å². The Bertz CT molecular complexity index is 756. The van der Waals surface area contributed by atoms with Gasteiger partial charge in [0.15, 0.2) is 0 Å². The monoisotopic (exact) mass is 332 g/mol. The third-order valence-electron chi connectivity index (χ3n) is 3.37. The Labute approximate surface area is 136 Å². The van der Waals surface area contributed by atoms with E-state index in [2.05, 4.69) is 10.0 Å². The average molecular weight is 332 g/mol. The van der Waals surface area contributed by atoms with Gasteiger partial charge in [-0.3, -0.25) is 9.52 Å². The van der Waals surface area contributed by atoms with Crippen molar-refractivity contribution in [3.8, 4) is 0 Å². The minimum Gasteiger partial charge on any atom is -0.345 e. The van der Waals surface area contributed by atoms with Crippen LogP contribution in [0.15, 0.2) is 54.6 Å². The quantitative estimate of drug-likeness (QED) is 0.854. The molecule has 0 saturated carbocycles. The SMILES string of the molecule is CC[C@H](NC(=O)c1ccc(NS(C)(=O)=O)cc1)c1ccccc1. The van der Waals surface area contributed by atoms with E-state index in [0.29, 0.717) is 11.3 Å². The minimum absolute atomic E-state index is 0.0579. The van der Waals surface area contributed by atoms with Crippen molar-refractivity contribution in [3.63, 3.8) is 0 Å². The minimum atomic E-state index is -3.32. The van der Waals surface area contributed by atoms with E-state index in [1.807, 2.05) is 37.3 Å². The van der Waals surface area contributed by atoms with E-state index in [1.165, 1.54) is 0 Å². The Kier molecular flexibility index (Phi) is 5.39. The van der Waals surface area contributed by atoms with Gasteiger partial charge in [-0.2, -0.15) is 0 Å². The summed E-state index contributed by atoms with van der Waals surface area (Å²) in [6.07, 6.45) is 1.86. The van der Waals surface area contributed by atoms with Crippen molar-refractivity contribution < 1.29 is 13.2 Å². The summed E-state index contributed by atoms with van der Waals surface area (Å²) in [4.78, 5) is 12.3. The van der Waals surface area contributed by atoms with E-state index < -0.39 is 10.0 Å². The van der Waals surface area contributed by atoms with Crippen LogP contribution >= 0.6 is 0 Å². The van der Waals surface area contributed by atoms with Gasteiger partial charge in [0.1, 0.15) is 0 Å². The van der Waals surface area contributed by atoms with Gasteiger partial charge in [-0.25, -0.2) is 8.42 Å². The topological polar surface area (TPSA) is 75.3 Å². The molecule has 0 saturated heterocycles. The van der Waals surface area contributed by atoms with E-state index in [4.69, 9.17) is 0 Å². The maximum absolute atomic E-state index is 12.3. The molecule has 122 valence electrons. The number of benzene rings is 2. The van der Waals surface area contributed by atoms with Crippen LogP contribution in [0.2, 0.25) is 0 Å². The molecule has 2 aromatic rings. The second kappa shape index (κ2) is 7.28. The summed E-state index contributed by atoms with van der Waals surface area (Å²) in [5.74, 6) is -0.188. The van der Waals surface area contributed by atoms with Gasteiger partial charge < -0.3 is 5.32 Å². The molecule has 2 N–H and O–H groups in total. The third-order valence-corrected chi connectivity index (χ3v) is 3.97. The number of anilines is 1. The van der Waals surface area contributed by atoms with E-state index in [0.717, 1.165) is 18.2 Å². The lowest BCUT2D eigenvalue weighted by Crippen LogP contribution is -2.28. The summed E-state index contributed by atoms with van der Waals surface area (Å²) in [6, 6.07) is 16.1. The highest BCUT2D eigenvalue weighted by molar-refractivity contribution is 7.92. The highest BCUT2D eigenvalue weighted by Gasteiger charge is 2.14. The molecular weight excluding hydrogens is 312 g/mol. The second-order valence-corrected chi connectivity index (χ2v) is 7.05. The largest absolute Gasteiger partial charge is 0.345 e. The smallest absolute Gasteiger partial charge is 0.251 e. The zero-order valence-electron chi connectivity index (χ0n) is 13.1. The summed E-state index contributed by atoms with van der Waals surface area (Å²) in [7, 11) is -3.32. The summed E-state index contributed by atoms with van der Waals surface area (Å²) < 4.78 is 24.7. The maximum atomic E-state index is 12.3. The van der Waals surface area contributed by atoms with Crippen molar-refractivity contribution in [3.05, 3.63) is 65.7 Å². The van der Waals surface area contributed by atoms with Crippen molar-refractivity contribution in [2.45, 2.75) is 19.4 Å². The van der Waals surface area contributed by atoms with Gasteiger partial charge >= 0.3 is 0 Å². The lowest BCUT2D eigenvalue weighted by Gasteiger charge is -2.17. The summed E-state index contributed by atoms with van der Waals surface area (Å²) in [5.41, 5.74) is 1.97. The number of amides is 1. The van der Waals surface area contributed by atoms with Crippen LogP contribution < -0.4 is 10.0 Å². The van der Waals surface area contributed by atoms with Crippen LogP contribution in [0.5, 0.6) is 0 Å². The molecule has 5 nitrogen and oxygen atoms in total. The first-order valence-corrected chi connectivity index (χ1v) is 9.22. The number of carbonyl (C=O) groups is 1. The highest BCUT2D eigenvalue weighted by Crippen LogP contribution is 2.17. The molecule has 2 aromatic carbocycles. The summed E-state index contributed by atoms with van der Waals surface area (Å²) in [5, 5.41) is 2.99. The van der Waals surface area contributed by atoms with Gasteiger partial charge in [0.05, 0.1) is 12.3 Å². The zero-order chi connectivity index (χ0) is 16.9. The molecule has 1 amide bonds. The van der Waals surface area contributed by atoms with Crippen LogP contribution in [0.3, 0.4) is 0 Å². The number of hydrogen-bond acceptors (Lipinski definition) is 3. The van der Waals surface area contributed by atoms with E-state index in [9.17, 15) is 13.2 Å². The Morgan fingerprint density at radius 1 is 1.04 bits per heavy atom. The molecule has 0 radical (unpaired) electrons. The lowest BCUT2D eigenvalue weighted by atomic mass is 10.0. The van der Waals surface area contributed by atoms with Crippen molar-refractivity contribution in [2.24, 2.45) is 0 Å². The third kappa shape index (κ3) is 5.10. The average Bonchev–Trinajstić information content (AvgIpc) is 2.52. The first-order valence-electron chi connectivity index (χ1n) is 7.32. The zero-order valence-corrected chi connectivity index (χ0v) is 13.9. The molecule has 0 aliphatic heterocycles. The van der Waals surface area contributed by atoms with Gasteiger partial charge in [-0.15, -0.1) is 0 Å². The van der Waals surface area contributed by atoms with E-state index in [1.54, 1.807) is 24.3 Å². The summed E-state index contributed by atoms with van der Waals surface area (Å²) in [6.45, 7) is 2.01. The Balaban J connectivity index is 2.08. The standard InChI is InChI=1S/C17H20N2O3S/c1-3-16(13-7-5-4-6-8-13)18-17(20)14-9-11-15(12-10-14)19-23(2,21)22/h4-12,16,19H,3H2,1-2H3,(H,18,20)/t16-/m0/s1. The van der Waals surface area contributed by atoms with Crippen molar-refractivity contribution in [1.82, 2.24) is 5.32 Å². The van der Waals surface area contributed by atoms with Gasteiger partial charge in [0, 0.05) is 11.3 Å². The highest BCUT2D eigenvalue weighted by atomic mass is 32.2. The van der Waals surface area contributed by atoms with Crippen LogP contribution in [-0.4, -0.2) is 20.6 Å². The van der Waals surface area contributed by atoms with Crippen LogP contribution in [0.1, 0.15) is 35.3 Å². The Morgan fingerprint density at radius 2 is 1.65 bits per heavy atom. The predicted molar refractivity (Wildman–Crippen MR) is 91.8 cm³/mol. The van der Waals surface area contributed by atoms with Gasteiger partial charge in [-0.05, 0) is 36.2 Å². The molecule has 0 heterocycles. The molecule has 0 aliphatic carbocycles. The van der Waals surface area contributed by atoms with Gasteiger partial charge in [0.2, 0.25) is 10.0 Å². The normalized spacial score (nSPS) is 12.4. The number of hydrogen-bond donors (Lipinski definition) is 2. The molecule has 0 aromatic heterocycles. The first-order chi connectivity index (χ1) is 10.9. The number of rotatable bonds is 6. The number of sulfonamides is 1. The maximum Gasteiger partial charge on any atom is 0.251 e. The fourth-order valence-electron chi connectivity index (χ4n) is 2.25. The number of nitrogens with one attached hydrogen (secondary N) is 2. The molecule has 6 heteroatoms. The molecule has 0 aliphatic rings. The molecule has 0 fully saturated rings. The van der Waals surface area contributed by atoms with Crippen LogP contribution in [0.4, 0.5) is 5.69 Å². The van der Waals surface area contributed by atoms with Crippen molar-refractivity contribution >= 4 is 21.6 Å². The van der Waals surface area contributed by atoms with Crippen LogP contribution in [0.25, 0.3) is 0 Å². The van der Waals surface area contributed by atoms with E-state index in [-0.39, 0.29) is 11.9 Å². The molecule has 2 rings (SSSR count). The molecular formula is C17H20N2O3S.